The molecule has 0 heterocycles. The smallest absolute Gasteiger partial charge is 0.241 e. The lowest BCUT2D eigenvalue weighted by molar-refractivity contribution is 0.343. The summed E-state index contributed by atoms with van der Waals surface area (Å²) in [6.07, 6.45) is 6.66. The lowest BCUT2D eigenvalue weighted by Crippen LogP contribution is -2.24. The van der Waals surface area contributed by atoms with Crippen LogP contribution in [0.5, 0.6) is 11.5 Å². The zero-order chi connectivity index (χ0) is 18.0. The van der Waals surface area contributed by atoms with E-state index >= 15 is 0 Å². The van der Waals surface area contributed by atoms with Gasteiger partial charge in [0.2, 0.25) is 8.32 Å². The minimum Gasteiger partial charge on any atom is -0.548 e. The molecule has 0 unspecified atom stereocenters. The average Bonchev–Trinajstić information content (AvgIpc) is 2.85. The van der Waals surface area contributed by atoms with E-state index in [0.717, 1.165) is 42.7 Å². The number of allylic oxidation sites excluding steroid dienone is 2. The molecule has 1 aromatic rings. The molecule has 2 rings (SSSR count). The second kappa shape index (κ2) is 7.22. The number of benzene rings is 1. The fourth-order valence-corrected chi connectivity index (χ4v) is 4.36. The van der Waals surface area contributed by atoms with Crippen molar-refractivity contribution in [3.05, 3.63) is 35.1 Å². The summed E-state index contributed by atoms with van der Waals surface area (Å²) >= 11 is 0. The normalized spacial score (nSPS) is 20.7. The summed E-state index contributed by atoms with van der Waals surface area (Å²) in [5, 5.41) is 0. The van der Waals surface area contributed by atoms with Crippen LogP contribution in [-0.4, -0.2) is 22.5 Å². The zero-order valence-electron chi connectivity index (χ0n) is 16.3. The summed E-state index contributed by atoms with van der Waals surface area (Å²) in [6.45, 7) is 11.1. The van der Waals surface area contributed by atoms with E-state index in [4.69, 9.17) is 13.9 Å². The van der Waals surface area contributed by atoms with E-state index < -0.39 is 8.32 Å². The molecular weight excluding hydrogens is 316 g/mol. The van der Waals surface area contributed by atoms with Crippen LogP contribution in [0.3, 0.4) is 0 Å². The monoisotopic (exact) mass is 348 g/mol. The maximum absolute atomic E-state index is 6.20. The van der Waals surface area contributed by atoms with Crippen LogP contribution < -0.4 is 9.47 Å². The maximum Gasteiger partial charge on any atom is 0.241 e. The number of methoxy groups -OCH3 is 2. The topological polar surface area (TPSA) is 27.7 Å². The van der Waals surface area contributed by atoms with E-state index in [1.54, 1.807) is 14.2 Å². The lowest BCUT2D eigenvalue weighted by Gasteiger charge is -2.23. The largest absolute Gasteiger partial charge is 0.548 e. The SMILES string of the molecule is COc1c(C)ccc(CC[C@@]2(C)C=C(O[Si](C)(C)C)CC2)c1OC. The number of aryl methyl sites for hydroxylation is 2. The van der Waals surface area contributed by atoms with Crippen molar-refractivity contribution in [2.45, 2.75) is 59.2 Å². The first-order valence-corrected chi connectivity index (χ1v) is 12.2. The second-order valence-electron chi connectivity index (χ2n) is 8.09. The summed E-state index contributed by atoms with van der Waals surface area (Å²) in [5.74, 6) is 2.93. The molecule has 24 heavy (non-hydrogen) atoms. The van der Waals surface area contributed by atoms with Crippen molar-refractivity contribution in [2.75, 3.05) is 14.2 Å². The maximum atomic E-state index is 6.20. The predicted molar refractivity (Wildman–Crippen MR) is 102 cm³/mol. The van der Waals surface area contributed by atoms with E-state index in [0.29, 0.717) is 0 Å². The number of rotatable bonds is 7. The quantitative estimate of drug-likeness (QED) is 0.611. The third-order valence-electron chi connectivity index (χ3n) is 4.65. The van der Waals surface area contributed by atoms with Crippen LogP contribution >= 0.6 is 0 Å². The molecule has 0 fully saturated rings. The van der Waals surface area contributed by atoms with Crippen molar-refractivity contribution in [3.8, 4) is 11.5 Å². The van der Waals surface area contributed by atoms with Gasteiger partial charge in [-0.05, 0) is 68.4 Å². The zero-order valence-corrected chi connectivity index (χ0v) is 17.3. The first-order chi connectivity index (χ1) is 11.2. The fraction of sp³-hybridized carbons (Fsp3) is 0.600. The molecule has 4 heteroatoms. The van der Waals surface area contributed by atoms with Crippen LogP contribution in [-0.2, 0) is 10.8 Å². The van der Waals surface area contributed by atoms with Crippen LogP contribution in [0.2, 0.25) is 19.6 Å². The van der Waals surface area contributed by atoms with Crippen molar-refractivity contribution in [3.63, 3.8) is 0 Å². The molecule has 0 N–H and O–H groups in total. The highest BCUT2D eigenvalue weighted by atomic mass is 28.4. The van der Waals surface area contributed by atoms with Crippen LogP contribution in [0.15, 0.2) is 24.0 Å². The molecule has 0 aromatic heterocycles. The first-order valence-electron chi connectivity index (χ1n) is 8.79. The molecule has 0 saturated carbocycles. The summed E-state index contributed by atoms with van der Waals surface area (Å²) in [5.41, 5.74) is 2.53. The van der Waals surface area contributed by atoms with Crippen molar-refractivity contribution in [1.29, 1.82) is 0 Å². The summed E-state index contributed by atoms with van der Waals surface area (Å²) < 4.78 is 17.3. The molecule has 1 aromatic carbocycles. The van der Waals surface area contributed by atoms with E-state index in [-0.39, 0.29) is 5.41 Å². The van der Waals surface area contributed by atoms with Crippen LogP contribution in [0.25, 0.3) is 0 Å². The highest BCUT2D eigenvalue weighted by Gasteiger charge is 2.31. The molecule has 134 valence electrons. The molecule has 1 aliphatic carbocycles. The van der Waals surface area contributed by atoms with Gasteiger partial charge >= 0.3 is 0 Å². The third kappa shape index (κ3) is 4.56. The van der Waals surface area contributed by atoms with Crippen molar-refractivity contribution in [2.24, 2.45) is 5.41 Å². The summed E-state index contributed by atoms with van der Waals surface area (Å²) in [4.78, 5) is 0. The minimum absolute atomic E-state index is 0.206. The van der Waals surface area contributed by atoms with Crippen molar-refractivity contribution < 1.29 is 13.9 Å². The van der Waals surface area contributed by atoms with E-state index in [1.807, 2.05) is 6.92 Å². The average molecular weight is 349 g/mol. The molecule has 3 nitrogen and oxygen atoms in total. The van der Waals surface area contributed by atoms with E-state index in [2.05, 4.69) is 44.8 Å². The van der Waals surface area contributed by atoms with Gasteiger partial charge in [0.25, 0.3) is 0 Å². The summed E-state index contributed by atoms with van der Waals surface area (Å²) in [7, 11) is 1.91. The van der Waals surface area contributed by atoms with Gasteiger partial charge in [-0.1, -0.05) is 19.1 Å². The van der Waals surface area contributed by atoms with Gasteiger partial charge in [-0.3, -0.25) is 0 Å². The van der Waals surface area contributed by atoms with Crippen LogP contribution in [0, 0.1) is 12.3 Å². The van der Waals surface area contributed by atoms with Gasteiger partial charge in [-0.2, -0.15) is 0 Å². The highest BCUT2D eigenvalue weighted by molar-refractivity contribution is 6.70. The van der Waals surface area contributed by atoms with Gasteiger partial charge in [0, 0.05) is 6.42 Å². The Morgan fingerprint density at radius 3 is 2.33 bits per heavy atom. The highest BCUT2D eigenvalue weighted by Crippen LogP contribution is 2.42. The molecule has 1 aliphatic rings. The predicted octanol–water partition coefficient (Wildman–Crippen LogP) is 5.48. The standard InChI is InChI=1S/C20H32O3Si/c1-15-8-9-16(19(22-4)18(15)21-3)10-12-20(2)13-11-17(14-20)23-24(5,6)7/h8-9,14H,10-13H2,1-7H3/t20-/m1/s1. The van der Waals surface area contributed by atoms with Crippen LogP contribution in [0.1, 0.15) is 37.3 Å². The Hall–Kier alpha value is -1.42. The van der Waals surface area contributed by atoms with E-state index in [9.17, 15) is 0 Å². The number of ether oxygens (including phenoxy) is 2. The van der Waals surface area contributed by atoms with Gasteiger partial charge in [0.15, 0.2) is 11.5 Å². The van der Waals surface area contributed by atoms with Gasteiger partial charge in [-0.25, -0.2) is 0 Å². The Bertz CT molecular complexity index is 616. The fourth-order valence-electron chi connectivity index (χ4n) is 3.41. The molecule has 0 radical (unpaired) electrons. The number of hydrogen-bond acceptors (Lipinski definition) is 3. The lowest BCUT2D eigenvalue weighted by atomic mass is 9.83. The van der Waals surface area contributed by atoms with Crippen molar-refractivity contribution in [1.82, 2.24) is 0 Å². The Balaban J connectivity index is 2.11. The van der Waals surface area contributed by atoms with Gasteiger partial charge < -0.3 is 13.9 Å². The molecule has 1 atom stereocenters. The Morgan fingerprint density at radius 2 is 1.75 bits per heavy atom. The molecule has 0 aliphatic heterocycles. The van der Waals surface area contributed by atoms with Gasteiger partial charge in [-0.15, -0.1) is 0 Å². The second-order valence-corrected chi connectivity index (χ2v) is 12.5. The Labute approximate surface area is 148 Å². The number of hydrogen-bond donors (Lipinski definition) is 0. The summed E-state index contributed by atoms with van der Waals surface area (Å²) in [6, 6.07) is 4.28. The Kier molecular flexibility index (Phi) is 5.69. The van der Waals surface area contributed by atoms with Crippen LogP contribution in [0.4, 0.5) is 0 Å². The minimum atomic E-state index is -1.51. The third-order valence-corrected chi connectivity index (χ3v) is 5.53. The van der Waals surface area contributed by atoms with Gasteiger partial charge in [0.05, 0.1) is 20.0 Å². The van der Waals surface area contributed by atoms with Gasteiger partial charge in [0.1, 0.15) is 0 Å². The van der Waals surface area contributed by atoms with E-state index in [1.165, 1.54) is 11.3 Å². The molecule has 0 amide bonds. The molecule has 0 saturated heterocycles. The molecule has 0 bridgehead atoms. The van der Waals surface area contributed by atoms with Crippen molar-refractivity contribution >= 4 is 8.32 Å². The Morgan fingerprint density at radius 1 is 1.08 bits per heavy atom. The molecule has 0 spiro atoms. The molecular formula is C20H32O3Si. The first kappa shape index (κ1) is 18.9.